The molecule has 1 atom stereocenters. The van der Waals surface area contributed by atoms with Gasteiger partial charge >= 0.3 is 0 Å². The average molecular weight is 586 g/mol. The number of carbonyl (C=O) groups excluding carboxylic acids is 1. The number of anilines is 3. The van der Waals surface area contributed by atoms with E-state index in [4.69, 9.17) is 21.3 Å². The van der Waals surface area contributed by atoms with Crippen molar-refractivity contribution in [2.24, 2.45) is 5.92 Å². The van der Waals surface area contributed by atoms with Crippen molar-refractivity contribution in [2.75, 3.05) is 29.9 Å². The van der Waals surface area contributed by atoms with Crippen molar-refractivity contribution in [3.8, 4) is 11.5 Å². The maximum atomic E-state index is 15.5. The second-order valence-electron chi connectivity index (χ2n) is 10.2. The van der Waals surface area contributed by atoms with Gasteiger partial charge in [-0.2, -0.15) is 5.10 Å². The van der Waals surface area contributed by atoms with Gasteiger partial charge in [0.05, 0.1) is 17.2 Å². The van der Waals surface area contributed by atoms with Crippen molar-refractivity contribution < 1.29 is 13.9 Å². The molecule has 4 aromatic heterocycles. The van der Waals surface area contributed by atoms with E-state index < -0.39 is 5.82 Å². The molecular formula is C29H25ClFN9O2. The van der Waals surface area contributed by atoms with E-state index >= 15 is 4.39 Å². The molecule has 5 aromatic rings. The van der Waals surface area contributed by atoms with Crippen molar-refractivity contribution in [1.82, 2.24) is 34.4 Å². The van der Waals surface area contributed by atoms with Gasteiger partial charge in [0.2, 0.25) is 5.91 Å². The van der Waals surface area contributed by atoms with Crippen LogP contribution in [0.25, 0.3) is 16.7 Å². The van der Waals surface area contributed by atoms with Gasteiger partial charge in [0.25, 0.3) is 0 Å². The lowest BCUT2D eigenvalue weighted by molar-refractivity contribution is -0.129. The first-order valence-corrected chi connectivity index (χ1v) is 13.9. The average Bonchev–Trinajstić information content (AvgIpc) is 3.77. The number of nitrogens with zero attached hydrogens (tertiary/aromatic N) is 8. The number of rotatable bonds is 7. The molecule has 212 valence electrons. The number of halogens is 2. The monoisotopic (exact) mass is 585 g/mol. The molecule has 1 amide bonds. The Kier molecular flexibility index (Phi) is 6.54. The number of fused-ring (bicyclic) bond motifs is 2. The van der Waals surface area contributed by atoms with Gasteiger partial charge in [0.1, 0.15) is 40.5 Å². The lowest BCUT2D eigenvalue weighted by Crippen LogP contribution is -2.56. The number of aromatic nitrogens is 6. The highest BCUT2D eigenvalue weighted by atomic mass is 35.5. The van der Waals surface area contributed by atoms with Crippen molar-refractivity contribution in [1.29, 1.82) is 0 Å². The summed E-state index contributed by atoms with van der Waals surface area (Å²) in [6, 6.07) is 10.3. The lowest BCUT2D eigenvalue weighted by Gasteiger charge is -2.42. The molecule has 1 aromatic carbocycles. The van der Waals surface area contributed by atoms with Gasteiger partial charge in [-0.25, -0.2) is 28.8 Å². The minimum Gasteiger partial charge on any atom is -0.455 e. The van der Waals surface area contributed by atoms with Gasteiger partial charge in [-0.05, 0) is 55.2 Å². The van der Waals surface area contributed by atoms with E-state index in [1.165, 1.54) is 24.8 Å². The lowest BCUT2D eigenvalue weighted by atomic mass is 10.1. The predicted molar refractivity (Wildman–Crippen MR) is 156 cm³/mol. The molecule has 1 saturated heterocycles. The van der Waals surface area contributed by atoms with Crippen LogP contribution in [0, 0.1) is 11.7 Å². The number of pyridine rings is 2. The summed E-state index contributed by atoms with van der Waals surface area (Å²) >= 11 is 6.38. The van der Waals surface area contributed by atoms with Gasteiger partial charge in [0.15, 0.2) is 17.3 Å². The van der Waals surface area contributed by atoms with Crippen LogP contribution in [0.5, 0.6) is 11.5 Å². The van der Waals surface area contributed by atoms with Crippen LogP contribution in [0.4, 0.5) is 21.7 Å². The van der Waals surface area contributed by atoms with E-state index in [0.717, 1.165) is 18.7 Å². The summed E-state index contributed by atoms with van der Waals surface area (Å²) in [5, 5.41) is 6.89. The highest BCUT2D eigenvalue weighted by molar-refractivity contribution is 6.32. The molecule has 0 unspecified atom stereocenters. The fourth-order valence-corrected chi connectivity index (χ4v) is 5.52. The maximum absolute atomic E-state index is 15.5. The van der Waals surface area contributed by atoms with E-state index in [9.17, 15) is 4.79 Å². The molecule has 0 spiro atoms. The van der Waals surface area contributed by atoms with Crippen molar-refractivity contribution in [3.63, 3.8) is 0 Å². The molecule has 0 bridgehead atoms. The summed E-state index contributed by atoms with van der Waals surface area (Å²) in [6.45, 7) is 5.56. The van der Waals surface area contributed by atoms with Gasteiger partial charge in [-0.1, -0.05) is 18.2 Å². The number of benzene rings is 1. The van der Waals surface area contributed by atoms with Crippen molar-refractivity contribution >= 4 is 51.5 Å². The molecule has 42 heavy (non-hydrogen) atoms. The van der Waals surface area contributed by atoms with Crippen LogP contribution >= 0.6 is 11.6 Å². The highest BCUT2D eigenvalue weighted by Gasteiger charge is 2.40. The Labute approximate surface area is 244 Å². The first-order chi connectivity index (χ1) is 20.5. The Morgan fingerprint density at radius 2 is 2.00 bits per heavy atom. The van der Waals surface area contributed by atoms with Crippen LogP contribution in [-0.2, 0) is 4.79 Å². The first kappa shape index (κ1) is 26.1. The minimum absolute atomic E-state index is 0.0357. The molecule has 5 heterocycles. The Hall–Kier alpha value is -4.84. The second kappa shape index (κ2) is 10.5. The Balaban J connectivity index is 1.14. The smallest absolute Gasteiger partial charge is 0.246 e. The van der Waals surface area contributed by atoms with Crippen LogP contribution in [0.2, 0.25) is 5.02 Å². The number of hydrogen-bond acceptors (Lipinski definition) is 9. The number of nitrogens with one attached hydrogen (secondary N) is 1. The predicted octanol–water partition coefficient (Wildman–Crippen LogP) is 5.01. The van der Waals surface area contributed by atoms with E-state index in [-0.39, 0.29) is 28.4 Å². The molecule has 11 nitrogen and oxygen atoms in total. The molecule has 1 aliphatic carbocycles. The maximum Gasteiger partial charge on any atom is 0.246 e. The summed E-state index contributed by atoms with van der Waals surface area (Å²) in [5.41, 5.74) is 1.78. The third-order valence-corrected chi connectivity index (χ3v) is 7.97. The fourth-order valence-electron chi connectivity index (χ4n) is 5.31. The largest absolute Gasteiger partial charge is 0.455 e. The highest BCUT2D eigenvalue weighted by Crippen LogP contribution is 2.39. The molecule has 7 rings (SSSR count). The third kappa shape index (κ3) is 4.83. The molecule has 1 aliphatic heterocycles. The van der Waals surface area contributed by atoms with Gasteiger partial charge in [0, 0.05) is 31.9 Å². The van der Waals surface area contributed by atoms with Crippen molar-refractivity contribution in [3.05, 3.63) is 78.7 Å². The SMILES string of the molecule is C=CC(=O)N1CCN(c2ccc3ncnc(Nc4ccc(Oc5ccn6ncnc6c5)c(Cl)c4F)c3n2)C[C@@H]1C1CC1. The molecule has 2 fully saturated rings. The number of carbonyl (C=O) groups is 1. The van der Waals surface area contributed by atoms with Gasteiger partial charge in [-0.3, -0.25) is 4.79 Å². The Bertz CT molecular complexity index is 1840. The van der Waals surface area contributed by atoms with Crippen LogP contribution in [0.3, 0.4) is 0 Å². The standard InChI is InChI=1S/C29H25ClFN9O2/c1-2-25(41)39-12-11-38(14-21(39)17-3-4-17)23-8-6-20-28(37-23)29(34-15-32-20)36-19-5-7-22(26(30)27(19)31)42-18-9-10-40-24(13-18)33-16-35-40/h2,5-10,13,15-17,21H,1,3-4,11-12,14H2,(H,32,34,36)/t21-/m1/s1. The summed E-state index contributed by atoms with van der Waals surface area (Å²) < 4.78 is 22.9. The van der Waals surface area contributed by atoms with Crippen LogP contribution in [0.15, 0.2) is 67.9 Å². The molecular weight excluding hydrogens is 561 g/mol. The van der Waals surface area contributed by atoms with Gasteiger partial charge < -0.3 is 19.9 Å². The summed E-state index contributed by atoms with van der Waals surface area (Å²) in [4.78, 5) is 34.2. The number of hydrogen-bond donors (Lipinski definition) is 1. The molecule has 13 heteroatoms. The quantitative estimate of drug-likeness (QED) is 0.263. The van der Waals surface area contributed by atoms with Crippen LogP contribution in [-0.4, -0.2) is 66.0 Å². The molecule has 2 aliphatic rings. The summed E-state index contributed by atoms with van der Waals surface area (Å²) in [5.74, 6) is 1.42. The van der Waals surface area contributed by atoms with E-state index in [2.05, 4.69) is 36.8 Å². The Morgan fingerprint density at radius 3 is 2.83 bits per heavy atom. The molecule has 1 saturated carbocycles. The van der Waals surface area contributed by atoms with E-state index in [0.29, 0.717) is 53.8 Å². The Morgan fingerprint density at radius 1 is 1.12 bits per heavy atom. The third-order valence-electron chi connectivity index (χ3n) is 7.61. The topological polar surface area (TPSA) is 114 Å². The van der Waals surface area contributed by atoms with E-state index in [1.807, 2.05) is 17.0 Å². The fraction of sp³-hybridized carbons (Fsp3) is 0.241. The molecule has 0 radical (unpaired) electrons. The van der Waals surface area contributed by atoms with Crippen LogP contribution < -0.4 is 15.0 Å². The zero-order valence-corrected chi connectivity index (χ0v) is 23.1. The summed E-state index contributed by atoms with van der Waals surface area (Å²) in [7, 11) is 0. The minimum atomic E-state index is -0.698. The second-order valence-corrected chi connectivity index (χ2v) is 10.6. The summed E-state index contributed by atoms with van der Waals surface area (Å²) in [6.07, 6.45) is 8.12. The first-order valence-electron chi connectivity index (χ1n) is 13.5. The van der Waals surface area contributed by atoms with Crippen molar-refractivity contribution in [2.45, 2.75) is 18.9 Å². The number of amides is 1. The molecule has 1 N–H and O–H groups in total. The van der Waals surface area contributed by atoms with Crippen LogP contribution in [0.1, 0.15) is 12.8 Å². The van der Waals surface area contributed by atoms with Gasteiger partial charge in [-0.15, -0.1) is 0 Å². The number of ether oxygens (including phenoxy) is 1. The van der Waals surface area contributed by atoms with E-state index in [1.54, 1.807) is 28.9 Å². The zero-order chi connectivity index (χ0) is 28.8. The normalized spacial score (nSPS) is 17.0. The zero-order valence-electron chi connectivity index (χ0n) is 22.3. The number of piperazine rings is 1.